The van der Waals surface area contributed by atoms with Crippen LogP contribution in [0.5, 0.6) is 0 Å². The normalized spacial score (nSPS) is 5.50. The zero-order valence-corrected chi connectivity index (χ0v) is 3.49. The Hall–Kier alpha value is -0.970. The van der Waals surface area contributed by atoms with E-state index >= 15 is 0 Å². The predicted molar refractivity (Wildman–Crippen MR) is 22.6 cm³/mol. The molecule has 2 nitrogen and oxygen atoms in total. The molecule has 0 rings (SSSR count). The molecule has 6 heavy (non-hydrogen) atoms. The molecule has 0 amide bonds. The minimum absolute atomic E-state index is 0.197. The number of hydrogen-bond donors (Lipinski definition) is 1. The van der Waals surface area contributed by atoms with Crippen LogP contribution in [0.4, 0.5) is 0 Å². The predicted octanol–water partition coefficient (Wildman–Crippen LogP) is -0.505. The van der Waals surface area contributed by atoms with Gasteiger partial charge < -0.3 is 5.73 Å². The highest BCUT2D eigenvalue weighted by molar-refractivity contribution is 5.93. The van der Waals surface area contributed by atoms with Gasteiger partial charge >= 0.3 is 0 Å². The number of carbonyl (C=O) groups is 1. The molecule has 0 saturated heterocycles. The van der Waals surface area contributed by atoms with Gasteiger partial charge in [0, 0.05) is 13.0 Å². The molecule has 0 aromatic heterocycles. The van der Waals surface area contributed by atoms with Crippen molar-refractivity contribution in [1.82, 2.24) is 0 Å². The Labute approximate surface area is 36.3 Å². The van der Waals surface area contributed by atoms with Crippen molar-refractivity contribution in [2.45, 2.75) is 6.92 Å². The maximum atomic E-state index is 9.79. The summed E-state index contributed by atoms with van der Waals surface area (Å²) in [4.78, 5) is 9.79. The second kappa shape index (κ2) is 2.28. The Kier molecular flexibility index (Phi) is 1.91. The van der Waals surface area contributed by atoms with Crippen molar-refractivity contribution in [1.29, 1.82) is 0 Å². The van der Waals surface area contributed by atoms with Gasteiger partial charge in [-0.3, -0.25) is 4.79 Å². The van der Waals surface area contributed by atoms with E-state index < -0.39 is 0 Å². The lowest BCUT2D eigenvalue weighted by atomic mass is 10.5. The fourth-order valence-corrected chi connectivity index (χ4v) is 0.102. The summed E-state index contributed by atoms with van der Waals surface area (Å²) in [5.74, 6) is 1.90. The van der Waals surface area contributed by atoms with Crippen molar-refractivity contribution in [2.24, 2.45) is 5.73 Å². The molecule has 0 spiro atoms. The SMILES string of the molecule is CC(=O)C#CN. The van der Waals surface area contributed by atoms with Crippen molar-refractivity contribution in [2.75, 3.05) is 0 Å². The Morgan fingerprint density at radius 3 is 2.33 bits per heavy atom. The van der Waals surface area contributed by atoms with Crippen molar-refractivity contribution >= 4 is 5.78 Å². The Bertz CT molecular complexity index is 106. The molecule has 0 heterocycles. The molecule has 32 valence electrons. The fourth-order valence-electron chi connectivity index (χ4n) is 0.102. The number of nitrogens with two attached hydrogens (primary N) is 1. The third kappa shape index (κ3) is 3.03. The average Bonchev–Trinajstić information content (AvgIpc) is 1.35. The van der Waals surface area contributed by atoms with E-state index in [-0.39, 0.29) is 5.78 Å². The highest BCUT2D eigenvalue weighted by atomic mass is 16.1. The van der Waals surface area contributed by atoms with Gasteiger partial charge in [0.15, 0.2) is 0 Å². The largest absolute Gasteiger partial charge is 0.359 e. The van der Waals surface area contributed by atoms with Crippen LogP contribution >= 0.6 is 0 Å². The fraction of sp³-hybridized carbons (Fsp3) is 0.250. The number of hydrogen-bond acceptors (Lipinski definition) is 2. The van der Waals surface area contributed by atoms with E-state index in [1.54, 1.807) is 0 Å². The third-order valence-electron chi connectivity index (χ3n) is 0.248. The van der Waals surface area contributed by atoms with Gasteiger partial charge in [0.25, 0.3) is 0 Å². The lowest BCUT2D eigenvalue weighted by Gasteiger charge is -1.61. The Morgan fingerprint density at radius 2 is 2.33 bits per heavy atom. The molecule has 0 radical (unpaired) electrons. The highest BCUT2D eigenvalue weighted by Gasteiger charge is 1.72. The number of ketones is 1. The van der Waals surface area contributed by atoms with E-state index in [0.717, 1.165) is 0 Å². The first-order chi connectivity index (χ1) is 2.77. The lowest BCUT2D eigenvalue weighted by molar-refractivity contribution is -0.111. The van der Waals surface area contributed by atoms with Crippen LogP contribution in [0.3, 0.4) is 0 Å². The monoisotopic (exact) mass is 83.0 g/mol. The van der Waals surface area contributed by atoms with E-state index in [2.05, 4.69) is 11.7 Å². The van der Waals surface area contributed by atoms with Gasteiger partial charge in [0.1, 0.15) is 0 Å². The molecule has 0 atom stereocenters. The summed E-state index contributed by atoms with van der Waals surface area (Å²) in [7, 11) is 0. The quantitative estimate of drug-likeness (QED) is 0.317. The van der Waals surface area contributed by atoms with Gasteiger partial charge in [0.05, 0.1) is 0 Å². The smallest absolute Gasteiger partial charge is 0.204 e. The van der Waals surface area contributed by atoms with Gasteiger partial charge in [-0.2, -0.15) is 0 Å². The van der Waals surface area contributed by atoms with Crippen LogP contribution < -0.4 is 5.73 Å². The van der Waals surface area contributed by atoms with E-state index in [4.69, 9.17) is 0 Å². The summed E-state index contributed by atoms with van der Waals surface area (Å²) >= 11 is 0. The van der Waals surface area contributed by atoms with Gasteiger partial charge in [-0.25, -0.2) is 0 Å². The van der Waals surface area contributed by atoms with Crippen LogP contribution in [0.15, 0.2) is 0 Å². The van der Waals surface area contributed by atoms with Crippen LogP contribution in [0.25, 0.3) is 0 Å². The molecule has 0 aromatic carbocycles. The van der Waals surface area contributed by atoms with E-state index in [1.165, 1.54) is 6.92 Å². The first kappa shape index (κ1) is 5.03. The van der Waals surface area contributed by atoms with Gasteiger partial charge in [0.2, 0.25) is 5.78 Å². The molecule has 0 saturated carbocycles. The molecule has 0 fully saturated rings. The van der Waals surface area contributed by atoms with E-state index in [1.807, 2.05) is 6.04 Å². The number of rotatable bonds is 0. The van der Waals surface area contributed by atoms with Gasteiger partial charge in [-0.1, -0.05) is 0 Å². The Balaban J connectivity index is 3.50. The first-order valence-corrected chi connectivity index (χ1v) is 1.49. The Morgan fingerprint density at radius 1 is 1.83 bits per heavy atom. The summed E-state index contributed by atoms with van der Waals surface area (Å²) in [6.45, 7) is 1.36. The molecule has 0 aliphatic carbocycles. The molecule has 0 bridgehead atoms. The topological polar surface area (TPSA) is 43.1 Å². The van der Waals surface area contributed by atoms with Crippen molar-refractivity contribution in [3.63, 3.8) is 0 Å². The first-order valence-electron chi connectivity index (χ1n) is 1.49. The number of Topliss-reactive ketones (excluding diaryl/α,β-unsaturated/α-hetero) is 1. The molecular formula is C4H5NO. The summed E-state index contributed by atoms with van der Waals surface area (Å²) in [6, 6.07) is 1.97. The summed E-state index contributed by atoms with van der Waals surface area (Å²) < 4.78 is 0. The standard InChI is InChI=1S/C4H5NO/c1-4(6)2-3-5/h5H2,1H3. The van der Waals surface area contributed by atoms with Crippen molar-refractivity contribution in [3.8, 4) is 12.0 Å². The van der Waals surface area contributed by atoms with E-state index in [0.29, 0.717) is 0 Å². The zero-order chi connectivity index (χ0) is 4.99. The summed E-state index contributed by atoms with van der Waals surface area (Å²) in [6.07, 6.45) is 0. The van der Waals surface area contributed by atoms with Crippen molar-refractivity contribution < 1.29 is 4.79 Å². The molecule has 2 N–H and O–H groups in total. The van der Waals surface area contributed by atoms with Gasteiger partial charge in [-0.15, -0.1) is 0 Å². The third-order valence-corrected chi connectivity index (χ3v) is 0.248. The van der Waals surface area contributed by atoms with Crippen LogP contribution in [0, 0.1) is 12.0 Å². The van der Waals surface area contributed by atoms with Crippen LogP contribution in [0.1, 0.15) is 6.92 Å². The molecule has 0 aromatic rings. The summed E-state index contributed by atoms with van der Waals surface area (Å²) in [5, 5.41) is 0. The molecule has 2 heteroatoms. The molecular weight excluding hydrogens is 78.0 g/mol. The second-order valence-electron chi connectivity index (χ2n) is 0.826. The summed E-state index contributed by atoms with van der Waals surface area (Å²) in [5.41, 5.74) is 4.65. The van der Waals surface area contributed by atoms with Crippen LogP contribution in [0.2, 0.25) is 0 Å². The molecule has 0 aliphatic heterocycles. The van der Waals surface area contributed by atoms with Crippen LogP contribution in [-0.2, 0) is 4.79 Å². The minimum Gasteiger partial charge on any atom is -0.359 e. The van der Waals surface area contributed by atoms with E-state index in [9.17, 15) is 4.79 Å². The second-order valence-corrected chi connectivity index (χ2v) is 0.826. The number of carbonyl (C=O) groups excluding carboxylic acids is 1. The van der Waals surface area contributed by atoms with Crippen molar-refractivity contribution in [3.05, 3.63) is 0 Å². The molecule has 0 aliphatic rings. The maximum absolute atomic E-state index is 9.79. The minimum atomic E-state index is -0.197. The zero-order valence-electron chi connectivity index (χ0n) is 3.49. The lowest BCUT2D eigenvalue weighted by Crippen LogP contribution is -1.84. The molecule has 0 unspecified atom stereocenters. The highest BCUT2D eigenvalue weighted by Crippen LogP contribution is 1.54. The van der Waals surface area contributed by atoms with Gasteiger partial charge in [-0.05, 0) is 5.92 Å². The average molecular weight is 83.1 g/mol. The maximum Gasteiger partial charge on any atom is 0.204 e. The van der Waals surface area contributed by atoms with Crippen LogP contribution in [-0.4, -0.2) is 5.78 Å².